The van der Waals surface area contributed by atoms with Crippen molar-refractivity contribution in [1.82, 2.24) is 15.5 Å². The number of amides is 1. The molecule has 0 radical (unpaired) electrons. The molecule has 0 bridgehead atoms. The van der Waals surface area contributed by atoms with Crippen molar-refractivity contribution in [3.63, 3.8) is 0 Å². The van der Waals surface area contributed by atoms with Crippen molar-refractivity contribution in [2.75, 3.05) is 39.0 Å². The monoisotopic (exact) mass is 394 g/mol. The lowest BCUT2D eigenvalue weighted by molar-refractivity contribution is -0.130. The van der Waals surface area contributed by atoms with Crippen molar-refractivity contribution >= 4 is 21.7 Å². The van der Waals surface area contributed by atoms with Crippen LogP contribution in [0.2, 0.25) is 0 Å². The number of aliphatic imine (C=N–C) groups is 1. The van der Waals surface area contributed by atoms with Gasteiger partial charge in [0, 0.05) is 32.4 Å². The quantitative estimate of drug-likeness (QED) is 0.536. The van der Waals surface area contributed by atoms with Crippen LogP contribution < -0.4 is 10.6 Å². The zero-order chi connectivity index (χ0) is 19.7. The van der Waals surface area contributed by atoms with Crippen LogP contribution in [0.1, 0.15) is 31.7 Å². The van der Waals surface area contributed by atoms with Crippen LogP contribution in [0.15, 0.2) is 34.2 Å². The van der Waals surface area contributed by atoms with Crippen LogP contribution in [-0.2, 0) is 21.1 Å². The summed E-state index contributed by atoms with van der Waals surface area (Å²) in [6, 6.07) is 6.90. The Balaban J connectivity index is 1.83. The molecular formula is C19H30N4O3S. The number of rotatable bonds is 7. The van der Waals surface area contributed by atoms with Gasteiger partial charge in [-0.25, -0.2) is 13.4 Å². The number of hydrogen-bond acceptors (Lipinski definition) is 4. The van der Waals surface area contributed by atoms with Crippen LogP contribution in [0.4, 0.5) is 0 Å². The Labute approximate surface area is 162 Å². The van der Waals surface area contributed by atoms with Gasteiger partial charge in [0.25, 0.3) is 0 Å². The van der Waals surface area contributed by atoms with E-state index >= 15 is 0 Å². The molecule has 0 atom stereocenters. The molecule has 8 heteroatoms. The number of hydrogen-bond donors (Lipinski definition) is 2. The summed E-state index contributed by atoms with van der Waals surface area (Å²) in [6.07, 6.45) is 5.28. The van der Waals surface area contributed by atoms with Gasteiger partial charge in [-0.3, -0.25) is 4.79 Å². The molecule has 0 aromatic heterocycles. The third kappa shape index (κ3) is 7.21. The van der Waals surface area contributed by atoms with E-state index in [9.17, 15) is 13.2 Å². The highest BCUT2D eigenvalue weighted by Gasteiger charge is 2.15. The van der Waals surface area contributed by atoms with Crippen LogP contribution >= 0.6 is 0 Å². The molecule has 27 heavy (non-hydrogen) atoms. The van der Waals surface area contributed by atoms with Gasteiger partial charge in [0.05, 0.1) is 4.90 Å². The second-order valence-corrected chi connectivity index (χ2v) is 8.75. The van der Waals surface area contributed by atoms with Crippen LogP contribution in [0, 0.1) is 0 Å². The predicted molar refractivity (Wildman–Crippen MR) is 108 cm³/mol. The molecule has 1 aromatic carbocycles. The lowest BCUT2D eigenvalue weighted by atomic mass is 10.1. The molecule has 0 spiro atoms. The van der Waals surface area contributed by atoms with Gasteiger partial charge in [-0.05, 0) is 50.3 Å². The zero-order valence-corrected chi connectivity index (χ0v) is 17.0. The van der Waals surface area contributed by atoms with Crippen molar-refractivity contribution < 1.29 is 13.2 Å². The van der Waals surface area contributed by atoms with E-state index in [1.165, 1.54) is 12.7 Å². The molecule has 2 N–H and O–H groups in total. The topological polar surface area (TPSA) is 90.9 Å². The zero-order valence-electron chi connectivity index (χ0n) is 16.2. The first kappa shape index (κ1) is 21.2. The molecule has 7 nitrogen and oxygen atoms in total. The van der Waals surface area contributed by atoms with Crippen LogP contribution in [-0.4, -0.2) is 64.2 Å². The minimum Gasteiger partial charge on any atom is -0.357 e. The normalized spacial score (nSPS) is 15.5. The first-order chi connectivity index (χ1) is 12.9. The lowest BCUT2D eigenvalue weighted by Crippen LogP contribution is -2.41. The van der Waals surface area contributed by atoms with E-state index in [-0.39, 0.29) is 12.5 Å². The Bertz CT molecular complexity index is 739. The molecular weight excluding hydrogens is 364 g/mol. The molecule has 1 aliphatic rings. The van der Waals surface area contributed by atoms with Gasteiger partial charge in [-0.1, -0.05) is 12.1 Å². The summed E-state index contributed by atoms with van der Waals surface area (Å²) in [4.78, 5) is 18.8. The Morgan fingerprint density at radius 2 is 1.78 bits per heavy atom. The number of benzene rings is 1. The summed E-state index contributed by atoms with van der Waals surface area (Å²) >= 11 is 0. The van der Waals surface area contributed by atoms with Crippen molar-refractivity contribution in [1.29, 1.82) is 0 Å². The molecule has 2 rings (SSSR count). The molecule has 1 heterocycles. The van der Waals surface area contributed by atoms with Crippen molar-refractivity contribution in [2.24, 2.45) is 4.99 Å². The SMILES string of the molecule is CCNC(=NCC(=O)N1CCCCC1)NCCc1ccc(S(C)(=O)=O)cc1. The summed E-state index contributed by atoms with van der Waals surface area (Å²) in [6.45, 7) is 5.16. The maximum Gasteiger partial charge on any atom is 0.244 e. The highest BCUT2D eigenvalue weighted by atomic mass is 32.2. The number of piperidine rings is 1. The van der Waals surface area contributed by atoms with Gasteiger partial charge in [0.2, 0.25) is 5.91 Å². The first-order valence-corrected chi connectivity index (χ1v) is 11.4. The average Bonchev–Trinajstić information content (AvgIpc) is 2.66. The molecule has 1 amide bonds. The van der Waals surface area contributed by atoms with Crippen molar-refractivity contribution in [2.45, 2.75) is 37.5 Å². The molecule has 0 saturated carbocycles. The third-order valence-corrected chi connectivity index (χ3v) is 5.61. The van der Waals surface area contributed by atoms with E-state index in [2.05, 4.69) is 15.6 Å². The molecule has 0 aliphatic carbocycles. The van der Waals surface area contributed by atoms with E-state index in [1.54, 1.807) is 12.1 Å². The second-order valence-electron chi connectivity index (χ2n) is 6.73. The van der Waals surface area contributed by atoms with E-state index in [4.69, 9.17) is 0 Å². The van der Waals surface area contributed by atoms with Crippen molar-refractivity contribution in [3.8, 4) is 0 Å². The first-order valence-electron chi connectivity index (χ1n) is 9.49. The fourth-order valence-electron chi connectivity index (χ4n) is 2.96. The van der Waals surface area contributed by atoms with E-state index < -0.39 is 9.84 Å². The summed E-state index contributed by atoms with van der Waals surface area (Å²) in [7, 11) is -3.17. The van der Waals surface area contributed by atoms with Gasteiger partial charge >= 0.3 is 0 Å². The number of sulfone groups is 1. The largest absolute Gasteiger partial charge is 0.357 e. The van der Waals surface area contributed by atoms with Crippen LogP contribution in [0.5, 0.6) is 0 Å². The Hall–Kier alpha value is -2.09. The van der Waals surface area contributed by atoms with Gasteiger partial charge in [0.1, 0.15) is 6.54 Å². The number of guanidine groups is 1. The molecule has 150 valence electrons. The highest BCUT2D eigenvalue weighted by molar-refractivity contribution is 7.90. The van der Waals surface area contributed by atoms with Gasteiger partial charge in [-0.2, -0.15) is 0 Å². The summed E-state index contributed by atoms with van der Waals surface area (Å²) in [5, 5.41) is 6.37. The molecule has 1 saturated heterocycles. The number of carbonyl (C=O) groups excluding carboxylic acids is 1. The van der Waals surface area contributed by atoms with Crippen LogP contribution in [0.25, 0.3) is 0 Å². The minimum absolute atomic E-state index is 0.0725. The smallest absolute Gasteiger partial charge is 0.244 e. The Morgan fingerprint density at radius 1 is 1.11 bits per heavy atom. The molecule has 1 aromatic rings. The molecule has 1 aliphatic heterocycles. The molecule has 1 fully saturated rings. The standard InChI is InChI=1S/C19H30N4O3S/c1-3-20-19(22-15-18(24)23-13-5-4-6-14-23)21-12-11-16-7-9-17(10-8-16)27(2,25)26/h7-10H,3-6,11-15H2,1-2H3,(H2,20,21,22). The highest BCUT2D eigenvalue weighted by Crippen LogP contribution is 2.10. The number of carbonyl (C=O) groups is 1. The van der Waals surface area contributed by atoms with E-state index in [1.807, 2.05) is 24.0 Å². The van der Waals surface area contributed by atoms with E-state index in [0.29, 0.717) is 23.9 Å². The minimum atomic E-state index is -3.17. The Kier molecular flexibility index (Phi) is 8.09. The second kappa shape index (κ2) is 10.3. The Morgan fingerprint density at radius 3 is 2.37 bits per heavy atom. The van der Waals surface area contributed by atoms with Gasteiger partial charge in [-0.15, -0.1) is 0 Å². The summed E-state index contributed by atoms with van der Waals surface area (Å²) < 4.78 is 23.0. The summed E-state index contributed by atoms with van der Waals surface area (Å²) in [5.74, 6) is 0.693. The average molecular weight is 395 g/mol. The lowest BCUT2D eigenvalue weighted by Gasteiger charge is -2.26. The number of nitrogens with zero attached hydrogens (tertiary/aromatic N) is 2. The van der Waals surface area contributed by atoms with E-state index in [0.717, 1.165) is 37.9 Å². The third-order valence-electron chi connectivity index (χ3n) is 4.48. The van der Waals surface area contributed by atoms with Crippen molar-refractivity contribution in [3.05, 3.63) is 29.8 Å². The maximum atomic E-state index is 12.2. The summed E-state index contributed by atoms with van der Waals surface area (Å²) in [5.41, 5.74) is 1.04. The van der Waals surface area contributed by atoms with Crippen LogP contribution in [0.3, 0.4) is 0 Å². The fourth-order valence-corrected chi connectivity index (χ4v) is 3.59. The van der Waals surface area contributed by atoms with Gasteiger partial charge < -0.3 is 15.5 Å². The number of nitrogens with one attached hydrogen (secondary N) is 2. The number of likely N-dealkylation sites (tertiary alicyclic amines) is 1. The van der Waals surface area contributed by atoms with Gasteiger partial charge in [0.15, 0.2) is 15.8 Å². The predicted octanol–water partition coefficient (Wildman–Crippen LogP) is 1.20. The molecule has 0 unspecified atom stereocenters. The fraction of sp³-hybridized carbons (Fsp3) is 0.579. The maximum absolute atomic E-state index is 12.2.